The Labute approximate surface area is 202 Å². The quantitative estimate of drug-likeness (QED) is 0.711. The third-order valence-corrected chi connectivity index (χ3v) is 9.22. The number of piperazine rings is 1. The van der Waals surface area contributed by atoms with Gasteiger partial charge >= 0.3 is 0 Å². The van der Waals surface area contributed by atoms with Gasteiger partial charge in [0.1, 0.15) is 6.04 Å². The van der Waals surface area contributed by atoms with Gasteiger partial charge in [-0.25, -0.2) is 0 Å². The number of phenolic OH excluding ortho intramolecular Hbond substituents is 1. The maximum Gasteiger partial charge on any atom is 0.163 e. The normalized spacial score (nSPS) is 28.0. The van der Waals surface area contributed by atoms with Crippen LogP contribution in [0.2, 0.25) is 0 Å². The van der Waals surface area contributed by atoms with Gasteiger partial charge in [0.05, 0.1) is 19.2 Å². The van der Waals surface area contributed by atoms with E-state index in [1.807, 2.05) is 6.92 Å². The second-order valence-electron chi connectivity index (χ2n) is 10.5. The van der Waals surface area contributed by atoms with Crippen LogP contribution in [-0.2, 0) is 12.8 Å². The number of hydrogen-bond donors (Lipinski definition) is 2. The summed E-state index contributed by atoms with van der Waals surface area (Å²) in [6.45, 7) is 11.3. The summed E-state index contributed by atoms with van der Waals surface area (Å²) in [5.41, 5.74) is 17.5. The molecule has 0 aromatic heterocycles. The first-order valence-electron chi connectivity index (χ1n) is 12.2. The molecule has 0 radical (unpaired) electrons. The Morgan fingerprint density at radius 3 is 2.35 bits per heavy atom. The van der Waals surface area contributed by atoms with E-state index in [-0.39, 0.29) is 36.0 Å². The molecule has 2 aromatic rings. The van der Waals surface area contributed by atoms with Gasteiger partial charge in [-0.15, -0.1) is 0 Å². The minimum absolute atomic E-state index is 0.0221. The molecule has 2 aromatic carbocycles. The average Bonchev–Trinajstić information content (AvgIpc) is 2.81. The molecule has 3 heterocycles. The van der Waals surface area contributed by atoms with E-state index in [0.717, 1.165) is 29.5 Å². The van der Waals surface area contributed by atoms with Crippen molar-refractivity contribution in [2.75, 3.05) is 20.7 Å². The van der Waals surface area contributed by atoms with Crippen molar-refractivity contribution in [3.63, 3.8) is 0 Å². The largest absolute Gasteiger partial charge is 0.504 e. The molecule has 180 valence electrons. The van der Waals surface area contributed by atoms with Gasteiger partial charge in [0, 0.05) is 30.2 Å². The van der Waals surface area contributed by atoms with Gasteiger partial charge in [0.15, 0.2) is 11.5 Å². The Balaban J connectivity index is 1.79. The smallest absolute Gasteiger partial charge is 0.163 e. The molecule has 3 N–H and O–H groups in total. The van der Waals surface area contributed by atoms with Crippen LogP contribution in [0.3, 0.4) is 0 Å². The van der Waals surface area contributed by atoms with Crippen LogP contribution in [0.25, 0.3) is 0 Å². The van der Waals surface area contributed by atoms with Crippen molar-refractivity contribution in [1.29, 1.82) is 5.26 Å². The summed E-state index contributed by atoms with van der Waals surface area (Å²) in [7, 11) is 3.72. The van der Waals surface area contributed by atoms with E-state index in [9.17, 15) is 10.4 Å². The zero-order chi connectivity index (χ0) is 24.6. The molecule has 1 saturated heterocycles. The third kappa shape index (κ3) is 2.84. The van der Waals surface area contributed by atoms with Crippen molar-refractivity contribution in [1.82, 2.24) is 9.80 Å². The highest BCUT2D eigenvalue weighted by atomic mass is 16.5. The Kier molecular flexibility index (Phi) is 5.44. The number of benzene rings is 2. The van der Waals surface area contributed by atoms with E-state index < -0.39 is 0 Å². The first-order chi connectivity index (χ1) is 16.2. The van der Waals surface area contributed by atoms with E-state index in [2.05, 4.69) is 56.7 Å². The van der Waals surface area contributed by atoms with Crippen LogP contribution in [0.15, 0.2) is 6.07 Å². The minimum Gasteiger partial charge on any atom is -0.504 e. The van der Waals surface area contributed by atoms with Gasteiger partial charge in [-0.05, 0) is 99.0 Å². The maximum absolute atomic E-state index is 11.4. The lowest BCUT2D eigenvalue weighted by Crippen LogP contribution is -2.68. The molecule has 6 nitrogen and oxygen atoms in total. The maximum atomic E-state index is 11.4. The highest BCUT2D eigenvalue weighted by molar-refractivity contribution is 5.59. The number of hydrogen-bond acceptors (Lipinski definition) is 6. The fourth-order valence-corrected chi connectivity index (χ4v) is 7.29. The molecule has 34 heavy (non-hydrogen) atoms. The summed E-state index contributed by atoms with van der Waals surface area (Å²) in [5, 5.41) is 21.9. The summed E-state index contributed by atoms with van der Waals surface area (Å²) in [6.07, 6.45) is 1.55. The van der Waals surface area contributed by atoms with Crippen molar-refractivity contribution >= 4 is 0 Å². The number of aryl methyl sites for hydroxylation is 1. The van der Waals surface area contributed by atoms with Gasteiger partial charge in [0.2, 0.25) is 0 Å². The molecule has 0 aliphatic carbocycles. The van der Waals surface area contributed by atoms with Crippen LogP contribution < -0.4 is 10.5 Å². The second kappa shape index (κ2) is 7.98. The number of nitrogens with two attached hydrogens (primary N) is 1. The van der Waals surface area contributed by atoms with Crippen molar-refractivity contribution < 1.29 is 9.84 Å². The monoisotopic (exact) mass is 460 g/mol. The number of nitrogens with zero attached hydrogens (tertiary/aromatic N) is 3. The Hall–Kier alpha value is -2.59. The van der Waals surface area contributed by atoms with Crippen LogP contribution in [0.1, 0.15) is 62.2 Å². The predicted octanol–water partition coefficient (Wildman–Crippen LogP) is 3.67. The lowest BCUT2D eigenvalue weighted by molar-refractivity contribution is -0.0706. The van der Waals surface area contributed by atoms with Crippen LogP contribution in [0.5, 0.6) is 11.5 Å². The molecule has 3 aliphatic rings. The van der Waals surface area contributed by atoms with E-state index >= 15 is 0 Å². The van der Waals surface area contributed by atoms with E-state index in [0.29, 0.717) is 12.3 Å². The molecule has 0 unspecified atom stereocenters. The lowest BCUT2D eigenvalue weighted by atomic mass is 9.70. The third-order valence-electron chi connectivity index (χ3n) is 9.22. The highest BCUT2D eigenvalue weighted by Crippen LogP contribution is 2.54. The Morgan fingerprint density at radius 2 is 1.74 bits per heavy atom. The zero-order valence-electron chi connectivity index (χ0n) is 21.4. The number of rotatable bonds is 2. The molecule has 3 aliphatic heterocycles. The summed E-state index contributed by atoms with van der Waals surface area (Å²) in [5.74, 6) is 0.788. The molecule has 1 fully saturated rings. The van der Waals surface area contributed by atoms with Gasteiger partial charge < -0.3 is 15.6 Å². The van der Waals surface area contributed by atoms with Crippen LogP contribution in [0.4, 0.5) is 0 Å². The zero-order valence-corrected chi connectivity index (χ0v) is 21.4. The van der Waals surface area contributed by atoms with E-state index in [1.54, 1.807) is 7.11 Å². The van der Waals surface area contributed by atoms with Gasteiger partial charge in [-0.3, -0.25) is 9.80 Å². The minimum atomic E-state index is -0.271. The van der Waals surface area contributed by atoms with E-state index in [1.165, 1.54) is 33.4 Å². The molecule has 5 rings (SSSR count). The molecule has 0 saturated carbocycles. The fraction of sp³-hybridized carbons (Fsp3) is 0.536. The molecule has 6 heteroatoms. The molecule has 2 bridgehead atoms. The van der Waals surface area contributed by atoms with Crippen molar-refractivity contribution in [2.45, 2.75) is 77.7 Å². The fourth-order valence-electron chi connectivity index (χ4n) is 7.29. The van der Waals surface area contributed by atoms with Crippen LogP contribution in [0, 0.1) is 45.9 Å². The van der Waals surface area contributed by atoms with Crippen molar-refractivity contribution in [3.05, 3.63) is 56.1 Å². The molecule has 0 amide bonds. The van der Waals surface area contributed by atoms with Crippen LogP contribution >= 0.6 is 0 Å². The number of nitriles is 1. The molecular weight excluding hydrogens is 424 g/mol. The second-order valence-corrected chi connectivity index (χ2v) is 10.5. The predicted molar refractivity (Wildman–Crippen MR) is 133 cm³/mol. The van der Waals surface area contributed by atoms with Crippen molar-refractivity contribution in [3.8, 4) is 17.6 Å². The Morgan fingerprint density at radius 1 is 1.06 bits per heavy atom. The SMILES string of the molecule is COc1c(C)cc2c(c1O)[C@@H]1[C@@H]3Cc4c(C)c(C)c(C)c(C)c4[C@H](CN)N3[C@@H](C#N)[C@H](C2)N1C. The number of ether oxygens (including phenoxy) is 1. The highest BCUT2D eigenvalue weighted by Gasteiger charge is 2.55. The topological polar surface area (TPSA) is 85.8 Å². The molecule has 5 atom stereocenters. The summed E-state index contributed by atoms with van der Waals surface area (Å²) >= 11 is 0. The number of aromatic hydroxyl groups is 1. The van der Waals surface area contributed by atoms with Gasteiger partial charge in [0.25, 0.3) is 0 Å². The van der Waals surface area contributed by atoms with Crippen LogP contribution in [-0.4, -0.2) is 53.7 Å². The number of methoxy groups -OCH3 is 1. The van der Waals surface area contributed by atoms with Gasteiger partial charge in [-0.1, -0.05) is 6.07 Å². The average molecular weight is 461 g/mol. The summed E-state index contributed by atoms with van der Waals surface area (Å²) < 4.78 is 5.60. The standard InChI is InChI=1S/C28H36N4O2/c1-13-8-18-9-20-22(11-29)32-21(26(31(20)6)25(18)27(33)28(13)34-7)10-19-16(4)14(2)15(3)17(5)24(19)23(32)12-30/h8,20-23,26,33H,9-10,12,30H2,1-7H3/t20-,21-,22-,23-,26-/m0/s1. The first-order valence-corrected chi connectivity index (χ1v) is 12.2. The van der Waals surface area contributed by atoms with Gasteiger partial charge in [-0.2, -0.15) is 5.26 Å². The lowest BCUT2D eigenvalue weighted by Gasteiger charge is -2.60. The number of phenols is 1. The van der Waals surface area contributed by atoms with E-state index in [4.69, 9.17) is 10.5 Å². The summed E-state index contributed by atoms with van der Waals surface area (Å²) in [6, 6.07) is 4.54. The Bertz CT molecular complexity index is 1230. The molecular formula is C28H36N4O2. The number of likely N-dealkylation sites (N-methyl/N-ethyl adjacent to an activating group) is 1. The molecule has 0 spiro atoms. The van der Waals surface area contributed by atoms with Crippen molar-refractivity contribution in [2.24, 2.45) is 5.73 Å². The number of fused-ring (bicyclic) bond motifs is 7. The summed E-state index contributed by atoms with van der Waals surface area (Å²) in [4.78, 5) is 4.72. The first kappa shape index (κ1) is 23.2.